The van der Waals surface area contributed by atoms with Crippen LogP contribution in [0.2, 0.25) is 0 Å². The first kappa shape index (κ1) is 21.2. The number of hydrogen-bond acceptors (Lipinski definition) is 6. The molecule has 1 aliphatic rings. The van der Waals surface area contributed by atoms with Crippen LogP contribution in [0.5, 0.6) is 0 Å². The molecule has 1 unspecified atom stereocenters. The maximum Gasteiger partial charge on any atom is 0.310 e. The third-order valence-electron chi connectivity index (χ3n) is 5.04. The summed E-state index contributed by atoms with van der Waals surface area (Å²) in [5.74, 6) is -0.804. The summed E-state index contributed by atoms with van der Waals surface area (Å²) in [4.78, 5) is 23.6. The highest BCUT2D eigenvalue weighted by Crippen LogP contribution is 2.29. The molecule has 1 aromatic heterocycles. The van der Waals surface area contributed by atoms with Crippen molar-refractivity contribution in [3.8, 4) is 11.3 Å². The largest absolute Gasteiger partial charge is 0.466 e. The fourth-order valence-corrected chi connectivity index (χ4v) is 5.35. The zero-order valence-electron chi connectivity index (χ0n) is 16.6. The van der Waals surface area contributed by atoms with Gasteiger partial charge in [-0.2, -0.15) is 9.40 Å². The van der Waals surface area contributed by atoms with Crippen LogP contribution in [-0.4, -0.2) is 48.6 Å². The molecule has 1 aliphatic heterocycles. The fourth-order valence-electron chi connectivity index (χ4n) is 3.50. The van der Waals surface area contributed by atoms with Crippen molar-refractivity contribution in [3.63, 3.8) is 0 Å². The summed E-state index contributed by atoms with van der Waals surface area (Å²) in [5.41, 5.74) is 1.43. The van der Waals surface area contributed by atoms with Crippen LogP contribution in [0.3, 0.4) is 0 Å². The van der Waals surface area contributed by atoms with Crippen molar-refractivity contribution in [2.45, 2.75) is 38.0 Å². The van der Waals surface area contributed by atoms with E-state index in [1.165, 1.54) is 10.4 Å². The number of rotatable bonds is 6. The standard InChI is InChI=1S/C20H25N3O5S/c1-3-14-7-8-15(17-9-10-19(24)22-21-17)12-18(14)29(26,27)23-11-5-6-16(13-23)20(25)28-4-2/h7-10,12,16H,3-6,11,13H2,1-2H3,(H,22,24). The molecule has 0 radical (unpaired) electrons. The predicted molar refractivity (Wildman–Crippen MR) is 108 cm³/mol. The second-order valence-electron chi connectivity index (χ2n) is 6.94. The van der Waals surface area contributed by atoms with Gasteiger partial charge in [0.2, 0.25) is 10.0 Å². The van der Waals surface area contributed by atoms with Gasteiger partial charge < -0.3 is 4.74 Å². The first-order chi connectivity index (χ1) is 13.9. The number of H-pyrrole nitrogens is 1. The Morgan fingerprint density at radius 2 is 2.07 bits per heavy atom. The van der Waals surface area contributed by atoms with Crippen LogP contribution >= 0.6 is 0 Å². The second-order valence-corrected chi connectivity index (χ2v) is 8.84. The Morgan fingerprint density at radius 3 is 2.72 bits per heavy atom. The van der Waals surface area contributed by atoms with Crippen molar-refractivity contribution < 1.29 is 17.9 Å². The van der Waals surface area contributed by atoms with Crippen molar-refractivity contribution in [1.82, 2.24) is 14.5 Å². The molecule has 1 atom stereocenters. The van der Waals surface area contributed by atoms with Crippen molar-refractivity contribution in [2.24, 2.45) is 5.92 Å². The van der Waals surface area contributed by atoms with E-state index in [0.29, 0.717) is 42.6 Å². The van der Waals surface area contributed by atoms with Gasteiger partial charge in [0.25, 0.3) is 5.56 Å². The first-order valence-electron chi connectivity index (χ1n) is 9.72. The van der Waals surface area contributed by atoms with Crippen LogP contribution in [-0.2, 0) is 26.0 Å². The van der Waals surface area contributed by atoms with Crippen molar-refractivity contribution in [1.29, 1.82) is 0 Å². The third kappa shape index (κ3) is 4.56. The molecule has 0 saturated carbocycles. The van der Waals surface area contributed by atoms with Gasteiger partial charge in [0.05, 0.1) is 23.1 Å². The maximum atomic E-state index is 13.4. The quantitative estimate of drug-likeness (QED) is 0.717. The minimum atomic E-state index is -3.80. The van der Waals surface area contributed by atoms with E-state index in [-0.39, 0.29) is 29.6 Å². The van der Waals surface area contributed by atoms with Crippen LogP contribution in [0, 0.1) is 5.92 Å². The summed E-state index contributed by atoms with van der Waals surface area (Å²) in [5, 5.41) is 6.35. The molecule has 2 aromatic rings. The molecule has 0 bridgehead atoms. The highest BCUT2D eigenvalue weighted by Gasteiger charge is 2.35. The van der Waals surface area contributed by atoms with E-state index in [1.807, 2.05) is 6.92 Å². The van der Waals surface area contributed by atoms with Gasteiger partial charge >= 0.3 is 5.97 Å². The monoisotopic (exact) mass is 419 g/mol. The molecule has 2 heterocycles. The van der Waals surface area contributed by atoms with Crippen LogP contribution in [0.25, 0.3) is 11.3 Å². The zero-order valence-corrected chi connectivity index (χ0v) is 17.4. The van der Waals surface area contributed by atoms with E-state index >= 15 is 0 Å². The average molecular weight is 420 g/mol. The number of aromatic amines is 1. The Bertz CT molecular complexity index is 1030. The maximum absolute atomic E-state index is 13.4. The van der Waals surface area contributed by atoms with E-state index < -0.39 is 15.9 Å². The van der Waals surface area contributed by atoms with E-state index in [4.69, 9.17) is 4.74 Å². The number of hydrogen-bond donors (Lipinski definition) is 1. The average Bonchev–Trinajstić information content (AvgIpc) is 2.74. The number of carbonyl (C=O) groups is 1. The van der Waals surface area contributed by atoms with Gasteiger partial charge in [-0.15, -0.1) is 0 Å². The summed E-state index contributed by atoms with van der Waals surface area (Å²) in [6.07, 6.45) is 1.77. The van der Waals surface area contributed by atoms with Crippen molar-refractivity contribution in [2.75, 3.05) is 19.7 Å². The zero-order chi connectivity index (χ0) is 21.0. The van der Waals surface area contributed by atoms with Crippen molar-refractivity contribution in [3.05, 3.63) is 46.2 Å². The topological polar surface area (TPSA) is 109 Å². The smallest absolute Gasteiger partial charge is 0.310 e. The number of carbonyl (C=O) groups excluding carboxylic acids is 1. The fraction of sp³-hybridized carbons (Fsp3) is 0.450. The summed E-state index contributed by atoms with van der Waals surface area (Å²) < 4.78 is 33.3. The SMILES string of the molecule is CCOC(=O)C1CCCN(S(=O)(=O)c2cc(-c3ccc(=O)[nH]n3)ccc2CC)C1. The summed E-state index contributed by atoms with van der Waals surface area (Å²) in [7, 11) is -3.80. The first-order valence-corrected chi connectivity index (χ1v) is 11.2. The molecule has 1 aromatic carbocycles. The second kappa shape index (κ2) is 8.87. The number of benzene rings is 1. The minimum absolute atomic E-state index is 0.117. The molecule has 29 heavy (non-hydrogen) atoms. The van der Waals surface area contributed by atoms with E-state index in [2.05, 4.69) is 10.2 Å². The Labute approximate surface area is 169 Å². The molecule has 3 rings (SSSR count). The number of ether oxygens (including phenoxy) is 1. The number of aryl methyl sites for hydroxylation is 1. The lowest BCUT2D eigenvalue weighted by Crippen LogP contribution is -2.43. The molecule has 1 N–H and O–H groups in total. The van der Waals surface area contributed by atoms with E-state index in [9.17, 15) is 18.0 Å². The molecule has 0 aliphatic carbocycles. The van der Waals surface area contributed by atoms with Crippen LogP contribution in [0.15, 0.2) is 40.0 Å². The summed E-state index contributed by atoms with van der Waals surface area (Å²) >= 11 is 0. The minimum Gasteiger partial charge on any atom is -0.466 e. The Morgan fingerprint density at radius 1 is 1.28 bits per heavy atom. The number of sulfonamides is 1. The van der Waals surface area contributed by atoms with Gasteiger partial charge in [-0.25, -0.2) is 13.5 Å². The lowest BCUT2D eigenvalue weighted by atomic mass is 10.0. The van der Waals surface area contributed by atoms with E-state index in [0.717, 1.165) is 0 Å². The Kier molecular flexibility index (Phi) is 6.49. The third-order valence-corrected chi connectivity index (χ3v) is 6.99. The van der Waals surface area contributed by atoms with Crippen LogP contribution in [0.1, 0.15) is 32.3 Å². The molecular formula is C20H25N3O5S. The van der Waals surface area contributed by atoms with Gasteiger partial charge in [0, 0.05) is 24.7 Å². The molecule has 0 amide bonds. The van der Waals surface area contributed by atoms with Gasteiger partial charge in [0.15, 0.2) is 0 Å². The molecule has 9 heteroatoms. The van der Waals surface area contributed by atoms with Gasteiger partial charge in [-0.3, -0.25) is 9.59 Å². The molecule has 1 saturated heterocycles. The number of aromatic nitrogens is 2. The number of nitrogens with zero attached hydrogens (tertiary/aromatic N) is 2. The molecule has 1 fully saturated rings. The highest BCUT2D eigenvalue weighted by molar-refractivity contribution is 7.89. The predicted octanol–water partition coefficient (Wildman–Crippen LogP) is 1.96. The van der Waals surface area contributed by atoms with Crippen LogP contribution < -0.4 is 5.56 Å². The van der Waals surface area contributed by atoms with Gasteiger partial charge in [-0.05, 0) is 43.9 Å². The number of esters is 1. The molecule has 156 valence electrons. The van der Waals surface area contributed by atoms with Crippen molar-refractivity contribution >= 4 is 16.0 Å². The Balaban J connectivity index is 1.96. The molecule has 0 spiro atoms. The molecule has 8 nitrogen and oxygen atoms in total. The van der Waals surface area contributed by atoms with Gasteiger partial charge in [0.1, 0.15) is 0 Å². The molecular weight excluding hydrogens is 394 g/mol. The summed E-state index contributed by atoms with van der Waals surface area (Å²) in [6.45, 7) is 4.38. The Hall–Kier alpha value is -2.52. The van der Waals surface area contributed by atoms with Crippen LogP contribution in [0.4, 0.5) is 0 Å². The summed E-state index contributed by atoms with van der Waals surface area (Å²) in [6, 6.07) is 8.04. The van der Waals surface area contributed by atoms with Gasteiger partial charge in [-0.1, -0.05) is 19.1 Å². The lowest BCUT2D eigenvalue weighted by Gasteiger charge is -2.31. The normalized spacial score (nSPS) is 17.8. The number of nitrogens with one attached hydrogen (secondary N) is 1. The van der Waals surface area contributed by atoms with E-state index in [1.54, 1.807) is 31.2 Å². The lowest BCUT2D eigenvalue weighted by molar-refractivity contribution is -0.149. The highest BCUT2D eigenvalue weighted by atomic mass is 32.2. The number of piperidine rings is 1.